The first-order valence-electron chi connectivity index (χ1n) is 6.79. The molecule has 2 rings (SSSR count). The number of nitro benzene ring substituents is 1. The summed E-state index contributed by atoms with van der Waals surface area (Å²) in [6, 6.07) is 3.50. The van der Waals surface area contributed by atoms with Gasteiger partial charge in [0.25, 0.3) is 5.69 Å². The van der Waals surface area contributed by atoms with Crippen LogP contribution in [-0.4, -0.2) is 23.1 Å². The summed E-state index contributed by atoms with van der Waals surface area (Å²) in [5.74, 6) is 0. The van der Waals surface area contributed by atoms with Gasteiger partial charge >= 0.3 is 0 Å². The molecule has 1 heterocycles. The summed E-state index contributed by atoms with van der Waals surface area (Å²) in [4.78, 5) is 9.81. The van der Waals surface area contributed by atoms with E-state index in [1.165, 1.54) is 12.1 Å². The van der Waals surface area contributed by atoms with Gasteiger partial charge in [-0.05, 0) is 12.5 Å². The molecular weight excluding hydrogens is 322 g/mol. The molecule has 0 fully saturated rings. The third-order valence-electron chi connectivity index (χ3n) is 3.28. The summed E-state index contributed by atoms with van der Waals surface area (Å²) in [6.45, 7) is 2.30. The standard InChI is InChI=1S/C13H17N5O4S/c1-3-11-9(8-17(2)16-11)7-15-12-5-4-10(18(19)20)6-13(12)23(14,21)22/h4-6,8,15H,3,7H2,1-2H3,(H2,14,21,22). The average Bonchev–Trinajstić information content (AvgIpc) is 2.84. The van der Waals surface area contributed by atoms with Crippen molar-refractivity contribution in [1.29, 1.82) is 0 Å². The molecular formula is C13H17N5O4S. The fourth-order valence-corrected chi connectivity index (χ4v) is 2.96. The lowest BCUT2D eigenvalue weighted by Crippen LogP contribution is -2.15. The summed E-state index contributed by atoms with van der Waals surface area (Å²) in [5, 5.41) is 23.2. The van der Waals surface area contributed by atoms with Gasteiger partial charge in [-0.15, -0.1) is 0 Å². The van der Waals surface area contributed by atoms with Crippen molar-refractivity contribution < 1.29 is 13.3 Å². The van der Waals surface area contributed by atoms with Crippen LogP contribution in [0, 0.1) is 10.1 Å². The Morgan fingerprint density at radius 1 is 1.43 bits per heavy atom. The number of anilines is 1. The van der Waals surface area contributed by atoms with Gasteiger partial charge in [-0.3, -0.25) is 14.8 Å². The minimum Gasteiger partial charge on any atom is -0.380 e. The van der Waals surface area contributed by atoms with Crippen LogP contribution in [0.5, 0.6) is 0 Å². The van der Waals surface area contributed by atoms with E-state index in [0.29, 0.717) is 6.54 Å². The minimum absolute atomic E-state index is 0.212. The predicted octanol–water partition coefficient (Wildman–Crippen LogP) is 1.15. The fourth-order valence-electron chi connectivity index (χ4n) is 2.23. The molecule has 0 aliphatic heterocycles. The lowest BCUT2D eigenvalue weighted by Gasteiger charge is -2.10. The van der Waals surface area contributed by atoms with E-state index < -0.39 is 14.9 Å². The summed E-state index contributed by atoms with van der Waals surface area (Å²) < 4.78 is 25.0. The molecule has 9 nitrogen and oxygen atoms in total. The zero-order chi connectivity index (χ0) is 17.2. The molecule has 0 aliphatic rings. The van der Waals surface area contributed by atoms with Crippen molar-refractivity contribution in [2.24, 2.45) is 12.2 Å². The monoisotopic (exact) mass is 339 g/mol. The van der Waals surface area contributed by atoms with Gasteiger partial charge in [0.15, 0.2) is 0 Å². The number of sulfonamides is 1. The van der Waals surface area contributed by atoms with Crippen molar-refractivity contribution in [1.82, 2.24) is 9.78 Å². The van der Waals surface area contributed by atoms with Crippen molar-refractivity contribution in [3.8, 4) is 0 Å². The summed E-state index contributed by atoms with van der Waals surface area (Å²) in [7, 11) is -2.30. The number of aryl methyl sites for hydroxylation is 2. The fraction of sp³-hybridized carbons (Fsp3) is 0.308. The number of primary sulfonamides is 1. The average molecular weight is 339 g/mol. The van der Waals surface area contributed by atoms with Crippen molar-refractivity contribution in [2.45, 2.75) is 24.8 Å². The number of hydrogen-bond donors (Lipinski definition) is 2. The Bertz CT molecular complexity index is 844. The second-order valence-electron chi connectivity index (χ2n) is 4.96. The molecule has 2 aromatic rings. The molecule has 0 radical (unpaired) electrons. The zero-order valence-electron chi connectivity index (χ0n) is 12.7. The maximum absolute atomic E-state index is 11.7. The summed E-state index contributed by atoms with van der Waals surface area (Å²) >= 11 is 0. The number of nitrogens with two attached hydrogens (primary N) is 1. The molecule has 10 heteroatoms. The van der Waals surface area contributed by atoms with Crippen LogP contribution in [0.15, 0.2) is 29.3 Å². The van der Waals surface area contributed by atoms with E-state index in [1.54, 1.807) is 11.7 Å². The first-order chi connectivity index (χ1) is 10.7. The van der Waals surface area contributed by atoms with Gasteiger partial charge in [-0.25, -0.2) is 13.6 Å². The van der Waals surface area contributed by atoms with E-state index in [2.05, 4.69) is 10.4 Å². The smallest absolute Gasteiger partial charge is 0.270 e. The molecule has 0 atom stereocenters. The van der Waals surface area contributed by atoms with Crippen LogP contribution < -0.4 is 10.5 Å². The van der Waals surface area contributed by atoms with Gasteiger partial charge < -0.3 is 5.32 Å². The van der Waals surface area contributed by atoms with Crippen LogP contribution in [0.1, 0.15) is 18.2 Å². The number of nitrogens with zero attached hydrogens (tertiary/aromatic N) is 3. The summed E-state index contributed by atoms with van der Waals surface area (Å²) in [5.41, 5.74) is 1.67. The molecule has 1 aromatic carbocycles. The van der Waals surface area contributed by atoms with Crippen LogP contribution in [-0.2, 0) is 30.0 Å². The molecule has 124 valence electrons. The van der Waals surface area contributed by atoms with Crippen molar-refractivity contribution in [3.05, 3.63) is 45.8 Å². The van der Waals surface area contributed by atoms with Crippen LogP contribution in [0.2, 0.25) is 0 Å². The predicted molar refractivity (Wildman–Crippen MR) is 84.4 cm³/mol. The third kappa shape index (κ3) is 3.85. The van der Waals surface area contributed by atoms with Crippen molar-refractivity contribution in [2.75, 3.05) is 5.32 Å². The van der Waals surface area contributed by atoms with Crippen LogP contribution in [0.4, 0.5) is 11.4 Å². The highest BCUT2D eigenvalue weighted by atomic mass is 32.2. The molecule has 23 heavy (non-hydrogen) atoms. The number of hydrogen-bond acceptors (Lipinski definition) is 6. The maximum Gasteiger partial charge on any atom is 0.270 e. The second kappa shape index (κ2) is 6.34. The Morgan fingerprint density at radius 2 is 2.13 bits per heavy atom. The first kappa shape index (κ1) is 16.9. The Morgan fingerprint density at radius 3 is 2.70 bits per heavy atom. The van der Waals surface area contributed by atoms with Gasteiger partial charge in [0.2, 0.25) is 10.0 Å². The van der Waals surface area contributed by atoms with Crippen molar-refractivity contribution in [3.63, 3.8) is 0 Å². The maximum atomic E-state index is 11.7. The number of nitrogens with one attached hydrogen (secondary N) is 1. The van der Waals surface area contributed by atoms with Gasteiger partial charge in [-0.2, -0.15) is 5.10 Å². The van der Waals surface area contributed by atoms with Gasteiger partial charge in [0.1, 0.15) is 4.90 Å². The number of benzene rings is 1. The molecule has 0 spiro atoms. The van der Waals surface area contributed by atoms with E-state index in [1.807, 2.05) is 13.1 Å². The topological polar surface area (TPSA) is 133 Å². The molecule has 0 amide bonds. The highest BCUT2D eigenvalue weighted by molar-refractivity contribution is 7.89. The minimum atomic E-state index is -4.09. The lowest BCUT2D eigenvalue weighted by atomic mass is 10.2. The van der Waals surface area contributed by atoms with E-state index in [0.717, 1.165) is 23.7 Å². The van der Waals surface area contributed by atoms with Crippen molar-refractivity contribution >= 4 is 21.4 Å². The van der Waals surface area contributed by atoms with Crippen LogP contribution in [0.25, 0.3) is 0 Å². The molecule has 0 saturated carbocycles. The SMILES string of the molecule is CCc1nn(C)cc1CNc1ccc([N+](=O)[O-])cc1S(N)(=O)=O. The quantitative estimate of drug-likeness (QED) is 0.599. The highest BCUT2D eigenvalue weighted by Gasteiger charge is 2.19. The molecule has 0 saturated heterocycles. The normalized spacial score (nSPS) is 11.4. The highest BCUT2D eigenvalue weighted by Crippen LogP contribution is 2.26. The first-order valence-corrected chi connectivity index (χ1v) is 8.33. The van der Waals surface area contributed by atoms with Crippen LogP contribution in [0.3, 0.4) is 0 Å². The third-order valence-corrected chi connectivity index (χ3v) is 4.23. The van der Waals surface area contributed by atoms with Gasteiger partial charge in [-0.1, -0.05) is 6.92 Å². The molecule has 1 aromatic heterocycles. The Balaban J connectivity index is 2.34. The van der Waals surface area contributed by atoms with E-state index in [4.69, 9.17) is 5.14 Å². The zero-order valence-corrected chi connectivity index (χ0v) is 13.5. The molecule has 0 bridgehead atoms. The molecule has 0 aliphatic carbocycles. The largest absolute Gasteiger partial charge is 0.380 e. The molecule has 0 unspecified atom stereocenters. The summed E-state index contributed by atoms with van der Waals surface area (Å²) in [6.07, 6.45) is 2.56. The van der Waals surface area contributed by atoms with Gasteiger partial charge in [0, 0.05) is 37.5 Å². The number of non-ortho nitro benzene ring substituents is 1. The van der Waals surface area contributed by atoms with E-state index in [9.17, 15) is 18.5 Å². The van der Waals surface area contributed by atoms with Gasteiger partial charge in [0.05, 0.1) is 16.3 Å². The number of nitro groups is 1. The van der Waals surface area contributed by atoms with E-state index in [-0.39, 0.29) is 16.3 Å². The van der Waals surface area contributed by atoms with E-state index >= 15 is 0 Å². The number of aromatic nitrogens is 2. The Labute approximate surface area is 133 Å². The lowest BCUT2D eigenvalue weighted by molar-refractivity contribution is -0.385. The Hall–Kier alpha value is -2.46. The molecule has 3 N–H and O–H groups in total. The second-order valence-corrected chi connectivity index (χ2v) is 6.49. The number of rotatable bonds is 6. The van der Waals surface area contributed by atoms with Crippen LogP contribution >= 0.6 is 0 Å². The Kier molecular flexibility index (Phi) is 4.66.